The molecule has 2 unspecified atom stereocenters. The molecule has 0 aromatic heterocycles. The topological polar surface area (TPSA) is 64.4 Å². The maximum atomic E-state index is 12.3. The lowest BCUT2D eigenvalue weighted by molar-refractivity contribution is 0.0938. The molecule has 1 fully saturated rings. The number of carbonyl (C=O) groups excluding carboxylic acids is 1. The van der Waals surface area contributed by atoms with Crippen LogP contribution < -0.4 is 15.8 Å². The molecule has 110 valence electrons. The van der Waals surface area contributed by atoms with E-state index in [4.69, 9.17) is 10.5 Å². The third-order valence-electron chi connectivity index (χ3n) is 3.65. The second kappa shape index (κ2) is 6.88. The molecule has 1 amide bonds. The Hall–Kier alpha value is -1.36. The summed E-state index contributed by atoms with van der Waals surface area (Å²) in [6.45, 7) is 2.16. The molecule has 0 spiro atoms. The zero-order valence-electron chi connectivity index (χ0n) is 12.0. The van der Waals surface area contributed by atoms with Crippen LogP contribution in [0.25, 0.3) is 0 Å². The quantitative estimate of drug-likeness (QED) is 0.820. The number of hydrogen-bond donors (Lipinski definition) is 2. The van der Waals surface area contributed by atoms with Crippen molar-refractivity contribution in [2.24, 2.45) is 0 Å². The largest absolute Gasteiger partial charge is 0.495 e. The van der Waals surface area contributed by atoms with Gasteiger partial charge < -0.3 is 15.8 Å². The fourth-order valence-corrected chi connectivity index (χ4v) is 3.81. The van der Waals surface area contributed by atoms with Crippen molar-refractivity contribution >= 4 is 23.4 Å². The van der Waals surface area contributed by atoms with Crippen LogP contribution in [0.3, 0.4) is 0 Å². The molecule has 2 atom stereocenters. The Kier molecular flexibility index (Phi) is 5.17. The standard InChI is InChI=1S/C15H22N2O2S/c1-3-20-14-6-4-5-12(14)17-15(18)10-7-8-11(16)13(9-10)19-2/h7-9,12,14H,3-6,16H2,1-2H3,(H,17,18). The Labute approximate surface area is 124 Å². The van der Waals surface area contributed by atoms with Crippen molar-refractivity contribution in [1.82, 2.24) is 5.32 Å². The van der Waals surface area contributed by atoms with E-state index in [2.05, 4.69) is 12.2 Å². The normalized spacial score (nSPS) is 21.7. The first-order valence-corrected chi connectivity index (χ1v) is 8.06. The maximum absolute atomic E-state index is 12.3. The number of amides is 1. The molecule has 20 heavy (non-hydrogen) atoms. The number of thioether (sulfide) groups is 1. The molecule has 3 N–H and O–H groups in total. The molecule has 1 aliphatic rings. The van der Waals surface area contributed by atoms with Gasteiger partial charge in [-0.1, -0.05) is 13.3 Å². The average molecular weight is 294 g/mol. The SMILES string of the molecule is CCSC1CCCC1NC(=O)c1ccc(N)c(OC)c1. The van der Waals surface area contributed by atoms with Gasteiger partial charge >= 0.3 is 0 Å². The highest BCUT2D eigenvalue weighted by Crippen LogP contribution is 2.30. The summed E-state index contributed by atoms with van der Waals surface area (Å²) < 4.78 is 5.16. The fourth-order valence-electron chi connectivity index (χ4n) is 2.61. The molecule has 1 aliphatic carbocycles. The summed E-state index contributed by atoms with van der Waals surface area (Å²) >= 11 is 1.93. The average Bonchev–Trinajstić information content (AvgIpc) is 2.87. The second-order valence-electron chi connectivity index (χ2n) is 4.96. The number of nitrogen functional groups attached to an aromatic ring is 1. The summed E-state index contributed by atoms with van der Waals surface area (Å²) in [6, 6.07) is 5.42. The zero-order valence-corrected chi connectivity index (χ0v) is 12.8. The maximum Gasteiger partial charge on any atom is 0.251 e. The highest BCUT2D eigenvalue weighted by Gasteiger charge is 2.28. The Morgan fingerprint density at radius 2 is 2.30 bits per heavy atom. The summed E-state index contributed by atoms with van der Waals surface area (Å²) in [6.07, 6.45) is 3.44. The number of hydrogen-bond acceptors (Lipinski definition) is 4. The summed E-state index contributed by atoms with van der Waals surface area (Å²) in [7, 11) is 1.55. The smallest absolute Gasteiger partial charge is 0.251 e. The highest BCUT2D eigenvalue weighted by atomic mass is 32.2. The van der Waals surface area contributed by atoms with Gasteiger partial charge in [-0.3, -0.25) is 4.79 Å². The van der Waals surface area contributed by atoms with E-state index >= 15 is 0 Å². The van der Waals surface area contributed by atoms with Gasteiger partial charge in [-0.25, -0.2) is 0 Å². The molecule has 4 nitrogen and oxygen atoms in total. The van der Waals surface area contributed by atoms with Crippen molar-refractivity contribution in [3.63, 3.8) is 0 Å². The predicted molar refractivity (Wildman–Crippen MR) is 84.4 cm³/mol. The molecule has 1 aromatic carbocycles. The lowest BCUT2D eigenvalue weighted by Crippen LogP contribution is -2.38. The Balaban J connectivity index is 2.04. The van der Waals surface area contributed by atoms with E-state index in [0.717, 1.165) is 12.2 Å². The number of anilines is 1. The fraction of sp³-hybridized carbons (Fsp3) is 0.533. The van der Waals surface area contributed by atoms with Crippen LogP contribution in [0, 0.1) is 0 Å². The molecule has 2 rings (SSSR count). The van der Waals surface area contributed by atoms with Crippen molar-refractivity contribution in [3.8, 4) is 5.75 Å². The third kappa shape index (κ3) is 3.39. The Morgan fingerprint density at radius 3 is 3.00 bits per heavy atom. The van der Waals surface area contributed by atoms with Gasteiger partial charge in [-0.15, -0.1) is 0 Å². The Morgan fingerprint density at radius 1 is 1.50 bits per heavy atom. The van der Waals surface area contributed by atoms with Crippen LogP contribution >= 0.6 is 11.8 Å². The minimum Gasteiger partial charge on any atom is -0.495 e. The molecule has 1 aromatic rings. The van der Waals surface area contributed by atoms with Gasteiger partial charge in [0.25, 0.3) is 5.91 Å². The van der Waals surface area contributed by atoms with E-state index in [-0.39, 0.29) is 11.9 Å². The molecular weight excluding hydrogens is 272 g/mol. The first kappa shape index (κ1) is 15.0. The number of methoxy groups -OCH3 is 1. The highest BCUT2D eigenvalue weighted by molar-refractivity contribution is 7.99. The van der Waals surface area contributed by atoms with Crippen molar-refractivity contribution in [1.29, 1.82) is 0 Å². The molecule has 0 saturated heterocycles. The van der Waals surface area contributed by atoms with Gasteiger partial charge in [0.15, 0.2) is 0 Å². The monoisotopic (exact) mass is 294 g/mol. The zero-order chi connectivity index (χ0) is 14.5. The summed E-state index contributed by atoms with van der Waals surface area (Å²) in [5.74, 6) is 1.59. The number of ether oxygens (including phenoxy) is 1. The molecule has 0 aliphatic heterocycles. The summed E-state index contributed by atoms with van der Waals surface area (Å²) in [4.78, 5) is 12.3. The van der Waals surface area contributed by atoms with Crippen molar-refractivity contribution in [2.75, 3.05) is 18.6 Å². The van der Waals surface area contributed by atoms with Crippen LogP contribution in [-0.2, 0) is 0 Å². The minimum absolute atomic E-state index is 0.0445. The molecule has 5 heteroatoms. The molecule has 0 heterocycles. The first-order valence-electron chi connectivity index (χ1n) is 7.01. The van der Waals surface area contributed by atoms with Gasteiger partial charge in [-0.05, 0) is 36.8 Å². The van der Waals surface area contributed by atoms with E-state index in [9.17, 15) is 4.79 Å². The van der Waals surface area contributed by atoms with Crippen molar-refractivity contribution in [2.45, 2.75) is 37.5 Å². The first-order chi connectivity index (χ1) is 9.65. The molecule has 0 radical (unpaired) electrons. The van der Waals surface area contributed by atoms with E-state index < -0.39 is 0 Å². The van der Waals surface area contributed by atoms with Gasteiger partial charge in [0.1, 0.15) is 5.75 Å². The number of rotatable bonds is 5. The van der Waals surface area contributed by atoms with E-state index in [1.165, 1.54) is 12.8 Å². The van der Waals surface area contributed by atoms with Gasteiger partial charge in [0.2, 0.25) is 0 Å². The lowest BCUT2D eigenvalue weighted by atomic mass is 10.1. The minimum atomic E-state index is -0.0445. The van der Waals surface area contributed by atoms with Crippen LogP contribution in [0.15, 0.2) is 18.2 Å². The number of nitrogens with one attached hydrogen (secondary N) is 1. The van der Waals surface area contributed by atoms with Gasteiger partial charge in [0.05, 0.1) is 12.8 Å². The van der Waals surface area contributed by atoms with Crippen LogP contribution in [-0.4, -0.2) is 30.1 Å². The van der Waals surface area contributed by atoms with Crippen LogP contribution in [0.2, 0.25) is 0 Å². The summed E-state index contributed by atoms with van der Waals surface area (Å²) in [5, 5.41) is 3.69. The molecule has 1 saturated carbocycles. The number of benzene rings is 1. The molecular formula is C15H22N2O2S. The summed E-state index contributed by atoms with van der Waals surface area (Å²) in [5.41, 5.74) is 6.91. The van der Waals surface area contributed by atoms with Crippen molar-refractivity contribution in [3.05, 3.63) is 23.8 Å². The van der Waals surface area contributed by atoms with Gasteiger partial charge in [0, 0.05) is 16.9 Å². The van der Waals surface area contributed by atoms with Crippen LogP contribution in [0.1, 0.15) is 36.5 Å². The lowest BCUT2D eigenvalue weighted by Gasteiger charge is -2.20. The third-order valence-corrected chi connectivity index (χ3v) is 4.97. The predicted octanol–water partition coefficient (Wildman–Crippen LogP) is 2.68. The van der Waals surface area contributed by atoms with Gasteiger partial charge in [-0.2, -0.15) is 11.8 Å². The number of nitrogens with two attached hydrogens (primary N) is 1. The molecule has 0 bridgehead atoms. The van der Waals surface area contributed by atoms with E-state index in [1.807, 2.05) is 11.8 Å². The van der Waals surface area contributed by atoms with Crippen LogP contribution in [0.4, 0.5) is 5.69 Å². The number of carbonyl (C=O) groups is 1. The van der Waals surface area contributed by atoms with Crippen LogP contribution in [0.5, 0.6) is 5.75 Å². The van der Waals surface area contributed by atoms with Crippen molar-refractivity contribution < 1.29 is 9.53 Å². The van der Waals surface area contributed by atoms with E-state index in [1.54, 1.807) is 25.3 Å². The van der Waals surface area contributed by atoms with E-state index in [0.29, 0.717) is 22.3 Å². The second-order valence-corrected chi connectivity index (χ2v) is 6.48. The Bertz CT molecular complexity index is 479.